The third-order valence-corrected chi connectivity index (χ3v) is 14.6. The summed E-state index contributed by atoms with van der Waals surface area (Å²) in [4.78, 5) is 67.4. The van der Waals surface area contributed by atoms with Gasteiger partial charge in [0.05, 0.1) is 72.0 Å². The number of hydrogen-bond donors (Lipinski definition) is 7. The Bertz CT molecular complexity index is 4110. The normalized spacial score (nSPS) is 10.7. The van der Waals surface area contributed by atoms with Gasteiger partial charge in [0.1, 0.15) is 27.1 Å². The fourth-order valence-electron chi connectivity index (χ4n) is 8.53. The van der Waals surface area contributed by atoms with E-state index in [0.29, 0.717) is 92.2 Å². The molecule has 27 heteroatoms. The molecule has 0 saturated carbocycles. The van der Waals surface area contributed by atoms with E-state index in [1.54, 1.807) is 32.4 Å². The standard InChI is InChI=1S/C33H38ClN7O4.C28H30ClN7O2.C4HCl3N2/c1-8-29(42)37-25-18-26(28(44-7)19-27(25)40(5)15-16-41(6)32(43)45-33(2,3)4)38-31-35-20-24(34)30(39-31)36-23-14-13-21-11-9-10-12-22(21)17-23;1-5-26(37)33-22-15-23(25(38-4)16-24(22)36(3)13-12-30-2)34-28-31-17-21(29)27(35-28)32-20-11-10-18-8-6-7-9-19(18)14-20;5-2-1-8-4(7)9-3(2)6/h8-14,17-20H,1,15-16H2,2-7H3,(H,37,42)(H2,35,36,38,39);5-11,14-17,30H,1,12-13H2,2-4H3,(H,33,37)(H2,31,32,34,35);1H. The Morgan fingerprint density at radius 2 is 0.989 bits per heavy atom. The summed E-state index contributed by atoms with van der Waals surface area (Å²) in [5, 5.41) is 27.5. The van der Waals surface area contributed by atoms with Crippen molar-refractivity contribution in [1.82, 2.24) is 40.1 Å². The number of likely N-dealkylation sites (N-methyl/N-ethyl adjacent to an activating group) is 4. The molecule has 9 aromatic rings. The minimum Gasteiger partial charge on any atom is -0.494 e. The van der Waals surface area contributed by atoms with Gasteiger partial charge in [0.25, 0.3) is 0 Å². The maximum absolute atomic E-state index is 12.4. The molecule has 0 radical (unpaired) electrons. The first-order valence-corrected chi connectivity index (χ1v) is 30.1. The van der Waals surface area contributed by atoms with Gasteiger partial charge in [-0.2, -0.15) is 9.97 Å². The van der Waals surface area contributed by atoms with Crippen LogP contribution in [0, 0.1) is 0 Å². The highest BCUT2D eigenvalue weighted by atomic mass is 35.5. The highest BCUT2D eigenvalue weighted by molar-refractivity contribution is 6.41. The van der Waals surface area contributed by atoms with Gasteiger partial charge in [-0.3, -0.25) is 9.59 Å². The minimum atomic E-state index is -0.601. The second-order valence-corrected chi connectivity index (χ2v) is 23.0. The summed E-state index contributed by atoms with van der Waals surface area (Å²) in [5.74, 6) is 1.71. The Labute approximate surface area is 558 Å². The molecule has 0 unspecified atom stereocenters. The molecule has 22 nitrogen and oxygen atoms in total. The second kappa shape index (κ2) is 33.1. The number of carbonyl (C=O) groups is 3. The number of ether oxygens (including phenoxy) is 3. The molecule has 0 aliphatic heterocycles. The van der Waals surface area contributed by atoms with E-state index in [0.717, 1.165) is 45.2 Å². The number of halogens is 5. The number of benzene rings is 6. The minimum absolute atomic E-state index is 0.101. The summed E-state index contributed by atoms with van der Waals surface area (Å²) in [7, 11) is 10.5. The maximum atomic E-state index is 12.4. The van der Waals surface area contributed by atoms with E-state index in [4.69, 9.17) is 72.2 Å². The zero-order valence-electron chi connectivity index (χ0n) is 51.9. The Kier molecular flexibility index (Phi) is 25.2. The second-order valence-electron chi connectivity index (χ2n) is 21.1. The van der Waals surface area contributed by atoms with Crippen LogP contribution in [-0.4, -0.2) is 127 Å². The summed E-state index contributed by atoms with van der Waals surface area (Å²) < 4.78 is 16.8. The van der Waals surface area contributed by atoms with Crippen LogP contribution in [0.5, 0.6) is 11.5 Å². The molecule has 0 spiro atoms. The van der Waals surface area contributed by atoms with Gasteiger partial charge in [0.2, 0.25) is 29.0 Å². The zero-order valence-corrected chi connectivity index (χ0v) is 55.7. The van der Waals surface area contributed by atoms with Gasteiger partial charge in [-0.1, -0.05) is 120 Å². The van der Waals surface area contributed by atoms with Crippen LogP contribution in [0.1, 0.15) is 20.8 Å². The SMILES string of the molecule is C=CC(=O)Nc1cc(Nc2ncc(Cl)c(Nc3ccc4ccccc4c3)n2)c(OC)cc1N(C)CCN(C)C(=O)OC(C)(C)C.C=CC(=O)Nc1cc(Nc2ncc(Cl)c(Nc3ccc4ccccc4c3)n2)c(OC)cc1N(C)CCNC.Clc1ncc(Cl)c(Cl)n1. The average Bonchev–Trinajstić information content (AvgIpc) is 0.847. The Balaban J connectivity index is 0.000000231. The number of carbonyl (C=O) groups excluding carboxylic acids is 3. The Hall–Kier alpha value is -9.42. The van der Waals surface area contributed by atoms with Crippen LogP contribution in [0.25, 0.3) is 21.5 Å². The molecule has 480 valence electrons. The van der Waals surface area contributed by atoms with E-state index < -0.39 is 17.6 Å². The lowest BCUT2D eigenvalue weighted by molar-refractivity contribution is -0.112. The van der Waals surface area contributed by atoms with E-state index in [2.05, 4.69) is 86.3 Å². The molecule has 0 saturated heterocycles. The van der Waals surface area contributed by atoms with Crippen molar-refractivity contribution in [3.63, 3.8) is 0 Å². The summed E-state index contributed by atoms with van der Waals surface area (Å²) in [6.07, 6.45) is 6.35. The van der Waals surface area contributed by atoms with E-state index in [1.165, 1.54) is 42.8 Å². The quantitative estimate of drug-likeness (QED) is 0.0189. The predicted octanol–water partition coefficient (Wildman–Crippen LogP) is 15.2. The van der Waals surface area contributed by atoms with Gasteiger partial charge in [-0.05, 0) is 110 Å². The number of rotatable bonds is 22. The highest BCUT2D eigenvalue weighted by Crippen LogP contribution is 2.40. The lowest BCUT2D eigenvalue weighted by Gasteiger charge is -2.28. The number of fused-ring (bicyclic) bond motifs is 2. The third kappa shape index (κ3) is 20.0. The highest BCUT2D eigenvalue weighted by Gasteiger charge is 2.23. The first-order valence-electron chi connectivity index (χ1n) is 28.2. The molecule has 3 heterocycles. The molecular weight excluding hydrogens is 1280 g/mol. The van der Waals surface area contributed by atoms with Crippen molar-refractivity contribution in [2.24, 2.45) is 0 Å². The maximum Gasteiger partial charge on any atom is 0.410 e. The van der Waals surface area contributed by atoms with Crippen molar-refractivity contribution in [3.05, 3.63) is 179 Å². The first-order chi connectivity index (χ1) is 44.0. The molecule has 3 aromatic heterocycles. The van der Waals surface area contributed by atoms with Gasteiger partial charge in [-0.25, -0.2) is 24.7 Å². The van der Waals surface area contributed by atoms with Crippen molar-refractivity contribution in [2.75, 3.05) is 110 Å². The van der Waals surface area contributed by atoms with Gasteiger partial charge in [0, 0.05) is 70.8 Å². The van der Waals surface area contributed by atoms with Crippen LogP contribution in [-0.2, 0) is 14.3 Å². The van der Waals surface area contributed by atoms with Crippen LogP contribution < -0.4 is 56.5 Å². The number of methoxy groups -OCH3 is 2. The van der Waals surface area contributed by atoms with Crippen LogP contribution in [0.15, 0.2) is 153 Å². The lowest BCUT2D eigenvalue weighted by atomic mass is 10.1. The molecule has 6 aromatic carbocycles. The van der Waals surface area contributed by atoms with Crippen molar-refractivity contribution in [3.8, 4) is 11.5 Å². The third-order valence-electron chi connectivity index (χ3n) is 13.2. The topological polar surface area (TPSA) is 250 Å². The van der Waals surface area contributed by atoms with Crippen molar-refractivity contribution < 1.29 is 28.6 Å². The average molecular weight is 1350 g/mol. The molecule has 0 bridgehead atoms. The fourth-order valence-corrected chi connectivity index (χ4v) is 9.20. The van der Waals surface area contributed by atoms with Crippen molar-refractivity contribution in [1.29, 1.82) is 0 Å². The number of nitrogens with zero attached hydrogens (tertiary/aromatic N) is 9. The molecule has 3 amide bonds. The summed E-state index contributed by atoms with van der Waals surface area (Å²) in [5.41, 5.74) is 4.63. The molecule has 9 rings (SSSR count). The van der Waals surface area contributed by atoms with Crippen molar-refractivity contribution in [2.45, 2.75) is 26.4 Å². The molecular formula is C65H69Cl5N16O6. The number of hydrogen-bond acceptors (Lipinski definition) is 19. The van der Waals surface area contributed by atoms with Crippen molar-refractivity contribution >= 4 is 166 Å². The number of anilines is 12. The van der Waals surface area contributed by atoms with Crippen LogP contribution in [0.3, 0.4) is 0 Å². The van der Waals surface area contributed by atoms with Gasteiger partial charge >= 0.3 is 6.09 Å². The van der Waals surface area contributed by atoms with E-state index in [-0.39, 0.29) is 22.3 Å². The van der Waals surface area contributed by atoms with Gasteiger partial charge < -0.3 is 66.1 Å². The fraction of sp³-hybridized carbons (Fsp3) is 0.215. The van der Waals surface area contributed by atoms with Gasteiger partial charge in [-0.15, -0.1) is 0 Å². The van der Waals surface area contributed by atoms with E-state index >= 15 is 0 Å². The Morgan fingerprint density at radius 3 is 1.40 bits per heavy atom. The molecule has 7 N–H and O–H groups in total. The largest absolute Gasteiger partial charge is 0.494 e. The number of amides is 3. The summed E-state index contributed by atoms with van der Waals surface area (Å²) >= 11 is 29.1. The predicted molar refractivity (Wildman–Crippen MR) is 375 cm³/mol. The van der Waals surface area contributed by atoms with Crippen LogP contribution in [0.4, 0.5) is 73.8 Å². The van der Waals surface area contributed by atoms with Crippen LogP contribution >= 0.6 is 58.0 Å². The molecule has 0 fully saturated rings. The molecule has 0 aliphatic carbocycles. The lowest BCUT2D eigenvalue weighted by Crippen LogP contribution is -2.38. The Morgan fingerprint density at radius 1 is 0.543 bits per heavy atom. The number of nitrogens with one attached hydrogen (secondary N) is 7. The van der Waals surface area contributed by atoms with Crippen LogP contribution in [0.2, 0.25) is 25.5 Å². The zero-order chi connectivity index (χ0) is 66.6. The monoisotopic (exact) mass is 1340 g/mol. The smallest absolute Gasteiger partial charge is 0.410 e. The van der Waals surface area contributed by atoms with E-state index in [9.17, 15) is 14.4 Å². The first kappa shape index (κ1) is 70.0. The summed E-state index contributed by atoms with van der Waals surface area (Å²) in [6.45, 7) is 14.9. The molecule has 0 aliphatic rings. The van der Waals surface area contributed by atoms with Gasteiger partial charge in [0.15, 0.2) is 16.8 Å². The van der Waals surface area contributed by atoms with E-state index in [1.807, 2.05) is 137 Å². The number of aromatic nitrogens is 6. The molecule has 92 heavy (non-hydrogen) atoms. The summed E-state index contributed by atoms with van der Waals surface area (Å²) in [6, 6.07) is 35.3. The molecule has 0 atom stereocenters.